The van der Waals surface area contributed by atoms with Crippen molar-refractivity contribution in [3.8, 4) is 5.75 Å². The number of methoxy groups -OCH3 is 1. The van der Waals surface area contributed by atoms with Crippen molar-refractivity contribution in [2.24, 2.45) is 11.3 Å². The van der Waals surface area contributed by atoms with Gasteiger partial charge in [0.05, 0.1) is 24.8 Å². The molecule has 1 aliphatic heterocycles. The summed E-state index contributed by atoms with van der Waals surface area (Å²) in [5.74, 6) is 0.784. The minimum atomic E-state index is -0.255. The molecule has 2 fully saturated rings. The first-order valence-corrected chi connectivity index (χ1v) is 14.7. The average Bonchev–Trinajstić information content (AvgIpc) is 3.54. The number of H-pyrrole nitrogens is 1. The maximum atomic E-state index is 13.6. The fourth-order valence-electron chi connectivity index (χ4n) is 7.27. The Morgan fingerprint density at radius 1 is 1.20 bits per heavy atom. The minimum Gasteiger partial charge on any atom is -0.496 e. The van der Waals surface area contributed by atoms with Gasteiger partial charge in [-0.25, -0.2) is 0 Å². The molecule has 3 N–H and O–H groups in total. The van der Waals surface area contributed by atoms with Gasteiger partial charge >= 0.3 is 0 Å². The molecule has 1 saturated heterocycles. The fourth-order valence-corrected chi connectivity index (χ4v) is 7.27. The predicted octanol–water partition coefficient (Wildman–Crippen LogP) is 4.71. The molecule has 40 heavy (non-hydrogen) atoms. The van der Waals surface area contributed by atoms with Gasteiger partial charge in [0.2, 0.25) is 0 Å². The molecule has 3 aromatic rings. The summed E-state index contributed by atoms with van der Waals surface area (Å²) >= 11 is 0. The molecule has 1 unspecified atom stereocenters. The van der Waals surface area contributed by atoms with Crippen LogP contribution in [0, 0.1) is 25.2 Å². The van der Waals surface area contributed by atoms with E-state index in [0.29, 0.717) is 35.1 Å². The number of piperidine rings is 1. The smallest absolute Gasteiger partial charge is 0.256 e. The number of carbonyl (C=O) groups excluding carboxylic acids is 1. The van der Waals surface area contributed by atoms with E-state index in [1.165, 1.54) is 20.0 Å². The van der Waals surface area contributed by atoms with Crippen LogP contribution in [0.5, 0.6) is 5.75 Å². The first-order valence-electron chi connectivity index (χ1n) is 14.7. The molecule has 1 amide bonds. The number of benzene rings is 1. The molecule has 0 bridgehead atoms. The Bertz CT molecular complexity index is 1410. The highest BCUT2D eigenvalue weighted by Gasteiger charge is 2.37. The van der Waals surface area contributed by atoms with Gasteiger partial charge in [-0.05, 0) is 77.6 Å². The number of carbonyl (C=O) groups is 1. The van der Waals surface area contributed by atoms with E-state index in [-0.39, 0.29) is 29.5 Å². The van der Waals surface area contributed by atoms with E-state index in [1.807, 2.05) is 25.1 Å². The van der Waals surface area contributed by atoms with Gasteiger partial charge in [-0.1, -0.05) is 31.0 Å². The van der Waals surface area contributed by atoms with Crippen LogP contribution in [0.25, 0.3) is 10.9 Å². The number of aliphatic hydroxyl groups is 1. The average molecular weight is 549 g/mol. The summed E-state index contributed by atoms with van der Waals surface area (Å²) in [6.45, 7) is 9.61. The number of hydrogen-bond acceptors (Lipinski definition) is 5. The number of nitrogens with one attached hydrogen (secondary N) is 2. The lowest BCUT2D eigenvalue weighted by molar-refractivity contribution is 0.0557. The lowest BCUT2D eigenvalue weighted by Crippen LogP contribution is -2.43. The third-order valence-electron chi connectivity index (χ3n) is 9.54. The van der Waals surface area contributed by atoms with Crippen molar-refractivity contribution in [1.82, 2.24) is 19.8 Å². The molecule has 2 aromatic heterocycles. The van der Waals surface area contributed by atoms with E-state index in [0.717, 1.165) is 61.9 Å². The molecule has 3 heterocycles. The van der Waals surface area contributed by atoms with Crippen LogP contribution in [0.1, 0.15) is 78.8 Å². The summed E-state index contributed by atoms with van der Waals surface area (Å²) in [4.78, 5) is 31.5. The minimum absolute atomic E-state index is 0.0832. The first kappa shape index (κ1) is 28.4. The maximum absolute atomic E-state index is 13.6. The largest absolute Gasteiger partial charge is 0.496 e. The fraction of sp³-hybridized carbons (Fsp3) is 0.562. The molecule has 216 valence electrons. The van der Waals surface area contributed by atoms with Crippen molar-refractivity contribution in [3.05, 3.63) is 63.2 Å². The van der Waals surface area contributed by atoms with Gasteiger partial charge in [-0.15, -0.1) is 0 Å². The number of para-hydroxylation sites is 1. The monoisotopic (exact) mass is 548 g/mol. The highest BCUT2D eigenvalue weighted by atomic mass is 16.5. The summed E-state index contributed by atoms with van der Waals surface area (Å²) < 4.78 is 7.75. The Hall–Kier alpha value is -3.10. The number of rotatable bonds is 9. The van der Waals surface area contributed by atoms with Crippen LogP contribution >= 0.6 is 0 Å². The summed E-state index contributed by atoms with van der Waals surface area (Å²) in [6.07, 6.45) is 6.96. The van der Waals surface area contributed by atoms with E-state index in [1.54, 1.807) is 13.0 Å². The molecule has 1 aromatic carbocycles. The van der Waals surface area contributed by atoms with Gasteiger partial charge in [0.25, 0.3) is 11.5 Å². The van der Waals surface area contributed by atoms with E-state index in [4.69, 9.17) is 4.74 Å². The molecular weight excluding hydrogens is 504 g/mol. The first-order chi connectivity index (χ1) is 19.3. The number of hydrogen-bond donors (Lipinski definition) is 3. The number of pyridine rings is 1. The second kappa shape index (κ2) is 11.8. The molecule has 8 heteroatoms. The Morgan fingerprint density at radius 3 is 2.58 bits per heavy atom. The van der Waals surface area contributed by atoms with Crippen LogP contribution in [-0.2, 0) is 6.54 Å². The van der Waals surface area contributed by atoms with Crippen LogP contribution in [0.15, 0.2) is 35.1 Å². The number of ether oxygens (including phenoxy) is 1. The number of aliphatic hydroxyl groups excluding tert-OH is 1. The zero-order valence-electron chi connectivity index (χ0n) is 24.4. The Balaban J connectivity index is 1.33. The van der Waals surface area contributed by atoms with Gasteiger partial charge in [-0.3, -0.25) is 9.59 Å². The highest BCUT2D eigenvalue weighted by molar-refractivity contribution is 6.08. The second-order valence-corrected chi connectivity index (χ2v) is 12.1. The van der Waals surface area contributed by atoms with Gasteiger partial charge < -0.3 is 29.6 Å². The van der Waals surface area contributed by atoms with E-state index in [2.05, 4.69) is 32.8 Å². The van der Waals surface area contributed by atoms with Gasteiger partial charge in [-0.2, -0.15) is 0 Å². The number of amides is 1. The van der Waals surface area contributed by atoms with Gasteiger partial charge in [0.1, 0.15) is 5.75 Å². The topological polar surface area (TPSA) is 99.6 Å². The molecule has 0 radical (unpaired) electrons. The van der Waals surface area contributed by atoms with Crippen LogP contribution in [0.4, 0.5) is 0 Å². The molecule has 1 aliphatic carbocycles. The third-order valence-corrected chi connectivity index (χ3v) is 9.54. The number of nitrogens with zero attached hydrogens (tertiary/aromatic N) is 2. The van der Waals surface area contributed by atoms with Crippen molar-refractivity contribution in [2.45, 2.75) is 71.9 Å². The van der Waals surface area contributed by atoms with E-state index in [9.17, 15) is 14.7 Å². The zero-order valence-corrected chi connectivity index (χ0v) is 24.4. The molecular formula is C32H44N4O4. The van der Waals surface area contributed by atoms with Crippen molar-refractivity contribution < 1.29 is 14.6 Å². The van der Waals surface area contributed by atoms with Crippen molar-refractivity contribution in [2.75, 3.05) is 33.4 Å². The Morgan fingerprint density at radius 2 is 1.90 bits per heavy atom. The highest BCUT2D eigenvalue weighted by Crippen LogP contribution is 2.40. The Kier molecular flexibility index (Phi) is 8.38. The number of likely N-dealkylation sites (tertiary alicyclic amines) is 1. The van der Waals surface area contributed by atoms with E-state index >= 15 is 0 Å². The van der Waals surface area contributed by atoms with Crippen molar-refractivity contribution in [1.29, 1.82) is 0 Å². The predicted molar refractivity (Wildman–Crippen MR) is 158 cm³/mol. The maximum Gasteiger partial charge on any atom is 0.256 e. The summed E-state index contributed by atoms with van der Waals surface area (Å²) in [6, 6.07) is 10.1. The zero-order chi connectivity index (χ0) is 28.4. The summed E-state index contributed by atoms with van der Waals surface area (Å²) in [5, 5.41) is 14.0. The molecule has 2 aliphatic rings. The van der Waals surface area contributed by atoms with Crippen LogP contribution < -0.4 is 15.6 Å². The normalized spacial score (nSPS) is 18.7. The van der Waals surface area contributed by atoms with Crippen LogP contribution in [0.2, 0.25) is 0 Å². The van der Waals surface area contributed by atoms with Gasteiger partial charge in [0, 0.05) is 46.9 Å². The van der Waals surface area contributed by atoms with Crippen LogP contribution in [0.3, 0.4) is 0 Å². The standard InChI is InChI=1S/C32H44N4O4/c1-21-17-28(40-4)26(30(38)34-21)18-33-31(39)29-23(3)36(27-10-6-5-9-25(27)29)22(2)24-11-15-35(16-12-24)19-32(20-37)13-7-8-14-32/h5-6,9-10,17,22,24,37H,7-8,11-16,18-20H2,1-4H3,(H,33,39)(H,34,38). The van der Waals surface area contributed by atoms with Crippen LogP contribution in [-0.4, -0.2) is 58.8 Å². The molecule has 5 rings (SSSR count). The number of aromatic amines is 1. The molecule has 1 saturated carbocycles. The molecule has 8 nitrogen and oxygen atoms in total. The van der Waals surface area contributed by atoms with Crippen molar-refractivity contribution in [3.63, 3.8) is 0 Å². The lowest BCUT2D eigenvalue weighted by atomic mass is 9.84. The number of aryl methyl sites for hydroxylation is 1. The number of aromatic nitrogens is 2. The molecule has 0 spiro atoms. The van der Waals surface area contributed by atoms with E-state index < -0.39 is 0 Å². The second-order valence-electron chi connectivity index (χ2n) is 12.1. The summed E-state index contributed by atoms with van der Waals surface area (Å²) in [5.41, 5.74) is 3.63. The Labute approximate surface area is 236 Å². The third kappa shape index (κ3) is 5.44. The van der Waals surface area contributed by atoms with Crippen molar-refractivity contribution >= 4 is 16.8 Å². The summed E-state index contributed by atoms with van der Waals surface area (Å²) in [7, 11) is 1.53. The SMILES string of the molecule is COc1cc(C)[nH]c(=O)c1CNC(=O)c1c(C)n(C(C)C2CCN(CC3(CO)CCCC3)CC2)c2ccccc12. The molecule has 1 atom stereocenters. The quantitative estimate of drug-likeness (QED) is 0.360. The number of fused-ring (bicyclic) bond motifs is 1. The van der Waals surface area contributed by atoms with Gasteiger partial charge in [0.15, 0.2) is 0 Å². The lowest BCUT2D eigenvalue weighted by Gasteiger charge is -2.40.